The highest BCUT2D eigenvalue weighted by molar-refractivity contribution is 7.90. The van der Waals surface area contributed by atoms with Gasteiger partial charge in [0.05, 0.1) is 12.9 Å². The van der Waals surface area contributed by atoms with Crippen LogP contribution < -0.4 is 5.32 Å². The molecule has 9 nitrogen and oxygen atoms in total. The molecule has 1 aliphatic rings. The summed E-state index contributed by atoms with van der Waals surface area (Å²) >= 11 is 0. The molecule has 10 heteroatoms. The average Bonchev–Trinajstić information content (AvgIpc) is 2.62. The average molecular weight is 384 g/mol. The van der Waals surface area contributed by atoms with Gasteiger partial charge in [-0.1, -0.05) is 30.3 Å². The first-order valence-electron chi connectivity index (χ1n) is 7.84. The molecule has 1 fully saturated rings. The summed E-state index contributed by atoms with van der Waals surface area (Å²) < 4.78 is 33.7. The van der Waals surface area contributed by atoms with Crippen molar-refractivity contribution in [1.29, 1.82) is 0 Å². The van der Waals surface area contributed by atoms with Crippen LogP contribution in [0.2, 0.25) is 0 Å². The van der Waals surface area contributed by atoms with Crippen molar-refractivity contribution in [2.45, 2.75) is 19.1 Å². The molecule has 1 aromatic carbocycles. The molecule has 1 aliphatic heterocycles. The second kappa shape index (κ2) is 8.77. The molecule has 0 saturated carbocycles. The van der Waals surface area contributed by atoms with E-state index in [2.05, 4.69) is 10.1 Å². The van der Waals surface area contributed by atoms with Crippen molar-refractivity contribution in [3.8, 4) is 0 Å². The number of carbonyl (C=O) groups excluding carboxylic acids is 3. The third kappa shape index (κ3) is 5.53. The predicted molar refractivity (Wildman–Crippen MR) is 90.2 cm³/mol. The van der Waals surface area contributed by atoms with Gasteiger partial charge >= 0.3 is 11.9 Å². The standard InChI is InChI=1S/C16H20N2O7S/c1-24-16(21)9-18-13(11-26(18,22)23)7-14(19)17-8-15(20)25-10-12-5-3-2-4-6-12/h2-6,13H,7-11H2,1H3,(H,17,19). The molecule has 0 bridgehead atoms. The summed E-state index contributed by atoms with van der Waals surface area (Å²) in [5.41, 5.74) is 0.824. The normalized spacial score (nSPS) is 18.4. The van der Waals surface area contributed by atoms with Crippen LogP contribution in [0, 0.1) is 0 Å². The van der Waals surface area contributed by atoms with Gasteiger partial charge in [0.15, 0.2) is 0 Å². The number of esters is 2. The summed E-state index contributed by atoms with van der Waals surface area (Å²) in [7, 11) is -2.38. The molecular formula is C16H20N2O7S. The lowest BCUT2D eigenvalue weighted by atomic mass is 10.2. The van der Waals surface area contributed by atoms with E-state index in [1.54, 1.807) is 12.1 Å². The number of amides is 1. The molecule has 1 aromatic rings. The van der Waals surface area contributed by atoms with Crippen LogP contribution in [0.5, 0.6) is 0 Å². The number of ether oxygens (including phenoxy) is 2. The van der Waals surface area contributed by atoms with E-state index in [-0.39, 0.29) is 25.3 Å². The molecule has 26 heavy (non-hydrogen) atoms. The smallest absolute Gasteiger partial charge is 0.325 e. The minimum atomic E-state index is -3.53. The Kier molecular flexibility index (Phi) is 6.70. The molecule has 0 radical (unpaired) electrons. The lowest BCUT2D eigenvalue weighted by Crippen LogP contribution is -2.59. The third-order valence-electron chi connectivity index (χ3n) is 3.77. The molecule has 1 saturated heterocycles. The van der Waals surface area contributed by atoms with Crippen molar-refractivity contribution in [2.24, 2.45) is 0 Å². The van der Waals surface area contributed by atoms with Crippen LogP contribution in [0.25, 0.3) is 0 Å². The fraction of sp³-hybridized carbons (Fsp3) is 0.438. The zero-order valence-corrected chi connectivity index (χ0v) is 15.0. The van der Waals surface area contributed by atoms with Gasteiger partial charge in [0.25, 0.3) is 0 Å². The molecule has 1 atom stereocenters. The minimum absolute atomic E-state index is 0.101. The Bertz CT molecular complexity index is 764. The number of carbonyl (C=O) groups is 3. The summed E-state index contributed by atoms with van der Waals surface area (Å²) in [5.74, 6) is -2.04. The zero-order chi connectivity index (χ0) is 19.2. The Morgan fingerprint density at radius 1 is 1.19 bits per heavy atom. The van der Waals surface area contributed by atoms with Gasteiger partial charge in [-0.05, 0) is 5.56 Å². The topological polar surface area (TPSA) is 119 Å². The first-order chi connectivity index (χ1) is 12.3. The second-order valence-electron chi connectivity index (χ2n) is 5.68. The van der Waals surface area contributed by atoms with Crippen LogP contribution in [-0.2, 0) is 40.5 Å². The van der Waals surface area contributed by atoms with Crippen molar-refractivity contribution in [3.05, 3.63) is 35.9 Å². The van der Waals surface area contributed by atoms with Crippen molar-refractivity contribution < 1.29 is 32.3 Å². The molecule has 1 unspecified atom stereocenters. The highest BCUT2D eigenvalue weighted by Crippen LogP contribution is 2.24. The third-order valence-corrected chi connectivity index (χ3v) is 5.72. The van der Waals surface area contributed by atoms with Gasteiger partial charge in [0.1, 0.15) is 19.7 Å². The first-order valence-corrected chi connectivity index (χ1v) is 9.45. The van der Waals surface area contributed by atoms with Crippen LogP contribution in [0.15, 0.2) is 30.3 Å². The van der Waals surface area contributed by atoms with Gasteiger partial charge in [-0.25, -0.2) is 8.42 Å². The highest BCUT2D eigenvalue weighted by atomic mass is 32.2. The maximum atomic E-state index is 11.9. The molecule has 1 heterocycles. The van der Waals surface area contributed by atoms with Crippen LogP contribution in [0.4, 0.5) is 0 Å². The van der Waals surface area contributed by atoms with Crippen LogP contribution in [-0.4, -0.2) is 62.6 Å². The lowest BCUT2D eigenvalue weighted by molar-refractivity contribution is -0.145. The van der Waals surface area contributed by atoms with Gasteiger partial charge < -0.3 is 14.8 Å². The number of nitrogens with one attached hydrogen (secondary N) is 1. The van der Waals surface area contributed by atoms with E-state index in [1.807, 2.05) is 18.2 Å². The Balaban J connectivity index is 1.72. The SMILES string of the molecule is COC(=O)CN1C(CC(=O)NCC(=O)OCc2ccccc2)CS1(=O)=O. The Morgan fingerprint density at radius 3 is 2.50 bits per heavy atom. The summed E-state index contributed by atoms with van der Waals surface area (Å²) in [6, 6.07) is 8.46. The number of rotatable bonds is 8. The fourth-order valence-electron chi connectivity index (χ4n) is 2.39. The van der Waals surface area contributed by atoms with E-state index in [9.17, 15) is 22.8 Å². The van der Waals surface area contributed by atoms with Gasteiger partial charge in [-0.3, -0.25) is 14.4 Å². The van der Waals surface area contributed by atoms with Gasteiger partial charge in [0.2, 0.25) is 15.9 Å². The highest BCUT2D eigenvalue weighted by Gasteiger charge is 2.45. The summed E-state index contributed by atoms with van der Waals surface area (Å²) in [6.45, 7) is -0.651. The van der Waals surface area contributed by atoms with Crippen LogP contribution in [0.1, 0.15) is 12.0 Å². The monoisotopic (exact) mass is 384 g/mol. The zero-order valence-electron chi connectivity index (χ0n) is 14.2. The maximum Gasteiger partial charge on any atom is 0.325 e. The van der Waals surface area contributed by atoms with E-state index in [4.69, 9.17) is 4.74 Å². The van der Waals surface area contributed by atoms with Gasteiger partial charge in [-0.15, -0.1) is 0 Å². The summed E-state index contributed by atoms with van der Waals surface area (Å²) in [6.07, 6.45) is -0.151. The van der Waals surface area contributed by atoms with E-state index < -0.39 is 40.5 Å². The maximum absolute atomic E-state index is 11.9. The minimum Gasteiger partial charge on any atom is -0.468 e. The van der Waals surface area contributed by atoms with E-state index in [1.165, 1.54) is 0 Å². The van der Waals surface area contributed by atoms with Gasteiger partial charge in [0, 0.05) is 12.5 Å². The molecule has 1 amide bonds. The van der Waals surface area contributed by atoms with E-state index in [0.29, 0.717) is 0 Å². The van der Waals surface area contributed by atoms with Crippen molar-refractivity contribution in [3.63, 3.8) is 0 Å². The Labute approximate surface area is 151 Å². The largest absolute Gasteiger partial charge is 0.468 e. The lowest BCUT2D eigenvalue weighted by Gasteiger charge is -2.38. The molecule has 1 N–H and O–H groups in total. The number of hydrogen-bond acceptors (Lipinski definition) is 7. The van der Waals surface area contributed by atoms with Crippen molar-refractivity contribution in [2.75, 3.05) is 26.0 Å². The predicted octanol–water partition coefficient (Wildman–Crippen LogP) is -0.577. The Morgan fingerprint density at radius 2 is 1.88 bits per heavy atom. The second-order valence-corrected chi connectivity index (χ2v) is 7.65. The van der Waals surface area contributed by atoms with Crippen molar-refractivity contribution >= 4 is 27.9 Å². The fourth-order valence-corrected chi connectivity index (χ4v) is 4.01. The van der Waals surface area contributed by atoms with Gasteiger partial charge in [-0.2, -0.15) is 4.31 Å². The molecule has 2 rings (SSSR count). The van der Waals surface area contributed by atoms with E-state index in [0.717, 1.165) is 17.0 Å². The molecule has 0 aliphatic carbocycles. The number of sulfonamides is 1. The molecule has 0 aromatic heterocycles. The quantitative estimate of drug-likeness (QED) is 0.596. The number of nitrogens with zero attached hydrogens (tertiary/aromatic N) is 1. The number of benzene rings is 1. The summed E-state index contributed by atoms with van der Waals surface area (Å²) in [4.78, 5) is 34.8. The molecule has 0 spiro atoms. The van der Waals surface area contributed by atoms with E-state index >= 15 is 0 Å². The molecular weight excluding hydrogens is 364 g/mol. The number of methoxy groups -OCH3 is 1. The Hall–Kier alpha value is -2.46. The first kappa shape index (κ1) is 19.9. The number of hydrogen-bond donors (Lipinski definition) is 1. The summed E-state index contributed by atoms with van der Waals surface area (Å²) in [5, 5.41) is 2.38. The molecule has 142 valence electrons. The van der Waals surface area contributed by atoms with Crippen LogP contribution in [0.3, 0.4) is 0 Å². The van der Waals surface area contributed by atoms with Crippen molar-refractivity contribution in [1.82, 2.24) is 9.62 Å². The van der Waals surface area contributed by atoms with Crippen LogP contribution >= 0.6 is 0 Å².